The Hall–Kier alpha value is -0.990. The van der Waals surface area contributed by atoms with Gasteiger partial charge in [-0.15, -0.1) is 0 Å². The minimum atomic E-state index is 0.850. The standard InChI is InChI=1S/C5H9N3/c1-4-3-8(6)5(2)7-4/h3H,6H2,1-2H3. The van der Waals surface area contributed by atoms with Gasteiger partial charge in [0, 0.05) is 6.20 Å². The first-order valence-electron chi connectivity index (χ1n) is 2.48. The molecule has 2 N–H and O–H groups in total. The van der Waals surface area contributed by atoms with Gasteiger partial charge in [-0.3, -0.25) is 4.68 Å². The van der Waals surface area contributed by atoms with Crippen molar-refractivity contribution in [1.29, 1.82) is 0 Å². The van der Waals surface area contributed by atoms with Gasteiger partial charge in [0.15, 0.2) is 0 Å². The molecule has 3 nitrogen and oxygen atoms in total. The first-order chi connectivity index (χ1) is 3.70. The van der Waals surface area contributed by atoms with Crippen molar-refractivity contribution in [1.82, 2.24) is 9.66 Å². The number of aryl methyl sites for hydroxylation is 2. The highest BCUT2D eigenvalue weighted by Gasteiger charge is 1.92. The van der Waals surface area contributed by atoms with Gasteiger partial charge in [0.2, 0.25) is 0 Å². The number of hydrogen-bond acceptors (Lipinski definition) is 2. The maximum Gasteiger partial charge on any atom is 0.124 e. The average molecular weight is 111 g/mol. The van der Waals surface area contributed by atoms with Gasteiger partial charge >= 0.3 is 0 Å². The van der Waals surface area contributed by atoms with Gasteiger partial charge in [-0.2, -0.15) is 0 Å². The van der Waals surface area contributed by atoms with Crippen LogP contribution in [0.5, 0.6) is 0 Å². The molecule has 8 heavy (non-hydrogen) atoms. The van der Waals surface area contributed by atoms with Gasteiger partial charge in [0.05, 0.1) is 5.69 Å². The summed E-state index contributed by atoms with van der Waals surface area (Å²) >= 11 is 0. The Labute approximate surface area is 48.1 Å². The summed E-state index contributed by atoms with van der Waals surface area (Å²) in [5.41, 5.74) is 0.963. The number of nitrogens with zero attached hydrogens (tertiary/aromatic N) is 2. The number of aromatic nitrogens is 2. The lowest BCUT2D eigenvalue weighted by atomic mass is 10.6. The van der Waals surface area contributed by atoms with Crippen LogP contribution >= 0.6 is 0 Å². The number of nitrogens with two attached hydrogens (primary N) is 1. The Morgan fingerprint density at radius 2 is 2.25 bits per heavy atom. The minimum absolute atomic E-state index is 0.850. The van der Waals surface area contributed by atoms with Crippen molar-refractivity contribution in [2.75, 3.05) is 5.84 Å². The smallest absolute Gasteiger partial charge is 0.124 e. The van der Waals surface area contributed by atoms with Crippen LogP contribution in [0.2, 0.25) is 0 Å². The van der Waals surface area contributed by atoms with Crippen molar-refractivity contribution in [3.8, 4) is 0 Å². The van der Waals surface area contributed by atoms with Gasteiger partial charge in [-0.1, -0.05) is 0 Å². The van der Waals surface area contributed by atoms with E-state index in [2.05, 4.69) is 4.98 Å². The molecule has 0 aliphatic carbocycles. The van der Waals surface area contributed by atoms with E-state index in [0.29, 0.717) is 0 Å². The van der Waals surface area contributed by atoms with E-state index in [1.165, 1.54) is 4.68 Å². The van der Waals surface area contributed by atoms with Crippen molar-refractivity contribution in [3.05, 3.63) is 17.7 Å². The van der Waals surface area contributed by atoms with E-state index >= 15 is 0 Å². The average Bonchev–Trinajstić information content (AvgIpc) is 1.85. The molecular weight excluding hydrogens is 102 g/mol. The van der Waals surface area contributed by atoms with Crippen molar-refractivity contribution >= 4 is 0 Å². The molecule has 1 aromatic heterocycles. The van der Waals surface area contributed by atoms with Crippen LogP contribution in [-0.2, 0) is 0 Å². The predicted molar refractivity (Wildman–Crippen MR) is 31.9 cm³/mol. The van der Waals surface area contributed by atoms with Crippen LogP contribution in [0.1, 0.15) is 11.5 Å². The van der Waals surface area contributed by atoms with Crippen LogP contribution in [-0.4, -0.2) is 9.66 Å². The fraction of sp³-hybridized carbons (Fsp3) is 0.400. The zero-order valence-electron chi connectivity index (χ0n) is 5.05. The molecule has 0 aromatic carbocycles. The quantitative estimate of drug-likeness (QED) is 0.486. The summed E-state index contributed by atoms with van der Waals surface area (Å²) in [6.07, 6.45) is 1.79. The first kappa shape index (κ1) is 5.15. The van der Waals surface area contributed by atoms with E-state index in [1.807, 2.05) is 13.8 Å². The second kappa shape index (κ2) is 1.51. The third kappa shape index (κ3) is 0.665. The predicted octanol–water partition coefficient (Wildman–Crippen LogP) is 0.214. The van der Waals surface area contributed by atoms with Crippen LogP contribution in [0, 0.1) is 13.8 Å². The summed E-state index contributed by atoms with van der Waals surface area (Å²) in [5.74, 6) is 6.24. The molecule has 1 heterocycles. The zero-order valence-corrected chi connectivity index (χ0v) is 5.05. The molecule has 44 valence electrons. The van der Waals surface area contributed by atoms with Crippen molar-refractivity contribution < 1.29 is 0 Å². The van der Waals surface area contributed by atoms with Crippen LogP contribution in [0.15, 0.2) is 6.20 Å². The Balaban J connectivity index is 3.14. The maximum atomic E-state index is 5.39. The highest BCUT2D eigenvalue weighted by molar-refractivity contribution is 4.99. The fourth-order valence-electron chi connectivity index (χ4n) is 0.637. The molecule has 0 aliphatic heterocycles. The Bertz CT molecular complexity index is 170. The highest BCUT2D eigenvalue weighted by atomic mass is 15.3. The molecule has 1 rings (SSSR count). The van der Waals surface area contributed by atoms with Gasteiger partial charge in [0.1, 0.15) is 5.82 Å². The first-order valence-corrected chi connectivity index (χ1v) is 2.48. The van der Waals surface area contributed by atoms with E-state index in [0.717, 1.165) is 11.5 Å². The molecule has 0 spiro atoms. The molecule has 0 bridgehead atoms. The van der Waals surface area contributed by atoms with E-state index in [4.69, 9.17) is 5.84 Å². The number of hydrogen-bond donors (Lipinski definition) is 1. The molecule has 0 fully saturated rings. The molecule has 1 aromatic rings. The molecule has 3 heteroatoms. The molecule has 0 radical (unpaired) electrons. The topological polar surface area (TPSA) is 43.8 Å². The van der Waals surface area contributed by atoms with Crippen LogP contribution in [0.25, 0.3) is 0 Å². The van der Waals surface area contributed by atoms with E-state index in [-0.39, 0.29) is 0 Å². The number of imidazole rings is 1. The molecule has 0 saturated carbocycles. The fourth-order valence-corrected chi connectivity index (χ4v) is 0.637. The monoisotopic (exact) mass is 111 g/mol. The molecule has 0 atom stereocenters. The third-order valence-corrected chi connectivity index (χ3v) is 1.04. The van der Waals surface area contributed by atoms with Crippen LogP contribution in [0.4, 0.5) is 0 Å². The lowest BCUT2D eigenvalue weighted by molar-refractivity contribution is 0.928. The Kier molecular flexibility index (Phi) is 0.970. The third-order valence-electron chi connectivity index (χ3n) is 1.04. The molecule has 0 amide bonds. The molecule has 0 saturated heterocycles. The van der Waals surface area contributed by atoms with Gasteiger partial charge in [-0.05, 0) is 13.8 Å². The van der Waals surface area contributed by atoms with E-state index in [1.54, 1.807) is 6.20 Å². The lowest BCUT2D eigenvalue weighted by Gasteiger charge is -1.88. The van der Waals surface area contributed by atoms with E-state index < -0.39 is 0 Å². The van der Waals surface area contributed by atoms with Crippen LogP contribution in [0.3, 0.4) is 0 Å². The van der Waals surface area contributed by atoms with Crippen molar-refractivity contribution in [2.45, 2.75) is 13.8 Å². The van der Waals surface area contributed by atoms with Crippen LogP contribution < -0.4 is 5.84 Å². The SMILES string of the molecule is Cc1cn(N)c(C)n1. The summed E-state index contributed by atoms with van der Waals surface area (Å²) in [4.78, 5) is 4.05. The van der Waals surface area contributed by atoms with Crippen molar-refractivity contribution in [2.24, 2.45) is 0 Å². The maximum absolute atomic E-state index is 5.39. The number of nitrogen functional groups attached to an aromatic ring is 1. The van der Waals surface area contributed by atoms with E-state index in [9.17, 15) is 0 Å². The highest BCUT2D eigenvalue weighted by Crippen LogP contribution is 1.93. The molecule has 0 aliphatic rings. The van der Waals surface area contributed by atoms with Gasteiger partial charge in [-0.25, -0.2) is 4.98 Å². The van der Waals surface area contributed by atoms with Crippen molar-refractivity contribution in [3.63, 3.8) is 0 Å². The lowest BCUT2D eigenvalue weighted by Crippen LogP contribution is -2.07. The minimum Gasteiger partial charge on any atom is -0.338 e. The summed E-state index contributed by atoms with van der Waals surface area (Å²) < 4.78 is 1.51. The molecular formula is C5H9N3. The summed E-state index contributed by atoms with van der Waals surface area (Å²) in [5, 5.41) is 0. The second-order valence-electron chi connectivity index (χ2n) is 1.84. The Morgan fingerprint density at radius 3 is 2.38 bits per heavy atom. The summed E-state index contributed by atoms with van der Waals surface area (Å²) in [7, 11) is 0. The number of rotatable bonds is 0. The zero-order chi connectivity index (χ0) is 6.15. The van der Waals surface area contributed by atoms with Gasteiger partial charge in [0.25, 0.3) is 0 Å². The summed E-state index contributed by atoms with van der Waals surface area (Å²) in [6, 6.07) is 0. The Morgan fingerprint density at radius 1 is 1.62 bits per heavy atom. The molecule has 0 unspecified atom stereocenters. The normalized spacial score (nSPS) is 9.75. The largest absolute Gasteiger partial charge is 0.338 e. The summed E-state index contributed by atoms with van der Waals surface area (Å²) in [6.45, 7) is 3.78. The van der Waals surface area contributed by atoms with Gasteiger partial charge < -0.3 is 5.84 Å². The second-order valence-corrected chi connectivity index (χ2v) is 1.84.